The van der Waals surface area contributed by atoms with Gasteiger partial charge in [0.05, 0.1) is 0 Å². The Morgan fingerprint density at radius 1 is 1.06 bits per heavy atom. The van der Waals surface area contributed by atoms with E-state index in [1.165, 1.54) is 12.8 Å². The maximum atomic E-state index is 6.24. The molecule has 0 aromatic carbocycles. The van der Waals surface area contributed by atoms with Gasteiger partial charge >= 0.3 is 0 Å². The lowest BCUT2D eigenvalue weighted by atomic mass is 9.96. The molecule has 0 fully saturated rings. The van der Waals surface area contributed by atoms with Gasteiger partial charge in [0.25, 0.3) is 0 Å². The van der Waals surface area contributed by atoms with Crippen LogP contribution in [0.3, 0.4) is 0 Å². The standard InChI is InChI=1S/C14H32OSi/c1-9-12(2)10-13(3)11-15-16(7,8)14(4,5)6/h12-13H,9-11H2,1-8H3/t12-,13-/m0/s1. The van der Waals surface area contributed by atoms with E-state index in [-0.39, 0.29) is 0 Å². The Balaban J connectivity index is 4.05. The van der Waals surface area contributed by atoms with Gasteiger partial charge < -0.3 is 4.43 Å². The summed E-state index contributed by atoms with van der Waals surface area (Å²) in [5.74, 6) is 1.53. The SMILES string of the molecule is CC[C@H](C)C[C@H](C)CO[Si](C)(C)C(C)(C)C. The van der Waals surface area contributed by atoms with Gasteiger partial charge in [-0.25, -0.2) is 0 Å². The highest BCUT2D eigenvalue weighted by Crippen LogP contribution is 2.37. The molecule has 1 nitrogen and oxygen atoms in total. The van der Waals surface area contributed by atoms with E-state index in [0.717, 1.165) is 12.5 Å². The molecule has 98 valence electrons. The van der Waals surface area contributed by atoms with E-state index in [9.17, 15) is 0 Å². The molecule has 0 spiro atoms. The predicted octanol–water partition coefficient (Wildman–Crippen LogP) is 5.08. The van der Waals surface area contributed by atoms with Crippen LogP contribution in [-0.4, -0.2) is 14.9 Å². The molecule has 0 aromatic rings. The van der Waals surface area contributed by atoms with E-state index < -0.39 is 8.32 Å². The van der Waals surface area contributed by atoms with E-state index in [0.29, 0.717) is 11.0 Å². The van der Waals surface area contributed by atoms with Crippen LogP contribution in [0, 0.1) is 11.8 Å². The number of hydrogen-bond acceptors (Lipinski definition) is 1. The lowest BCUT2D eigenvalue weighted by molar-refractivity contribution is 0.216. The van der Waals surface area contributed by atoms with Crippen LogP contribution in [-0.2, 0) is 4.43 Å². The zero-order valence-corrected chi connectivity index (χ0v) is 13.7. The largest absolute Gasteiger partial charge is 0.417 e. The van der Waals surface area contributed by atoms with Crippen LogP contribution in [0.25, 0.3) is 0 Å². The summed E-state index contributed by atoms with van der Waals surface area (Å²) in [6.45, 7) is 19.5. The average molecular weight is 244 g/mol. The molecule has 2 atom stereocenters. The summed E-state index contributed by atoms with van der Waals surface area (Å²) in [5.41, 5.74) is 0. The van der Waals surface area contributed by atoms with Crippen LogP contribution in [0.5, 0.6) is 0 Å². The first-order valence-corrected chi connectivity index (χ1v) is 9.65. The van der Waals surface area contributed by atoms with Crippen LogP contribution in [0.4, 0.5) is 0 Å². The second kappa shape index (κ2) is 6.20. The van der Waals surface area contributed by atoms with Crippen molar-refractivity contribution in [2.45, 2.75) is 72.5 Å². The van der Waals surface area contributed by atoms with Crippen molar-refractivity contribution in [3.05, 3.63) is 0 Å². The van der Waals surface area contributed by atoms with Gasteiger partial charge in [-0.05, 0) is 36.4 Å². The van der Waals surface area contributed by atoms with Crippen molar-refractivity contribution in [1.29, 1.82) is 0 Å². The van der Waals surface area contributed by atoms with Crippen LogP contribution >= 0.6 is 0 Å². The normalized spacial score (nSPS) is 17.2. The van der Waals surface area contributed by atoms with Crippen LogP contribution < -0.4 is 0 Å². The van der Waals surface area contributed by atoms with Gasteiger partial charge in [-0.2, -0.15) is 0 Å². The molecule has 0 aliphatic carbocycles. The van der Waals surface area contributed by atoms with Crippen LogP contribution in [0.1, 0.15) is 54.4 Å². The maximum Gasteiger partial charge on any atom is 0.191 e. The first-order chi connectivity index (χ1) is 7.10. The van der Waals surface area contributed by atoms with Gasteiger partial charge in [-0.1, -0.05) is 48.0 Å². The third-order valence-corrected chi connectivity index (χ3v) is 8.54. The van der Waals surface area contributed by atoms with Crippen molar-refractivity contribution in [2.75, 3.05) is 6.61 Å². The zero-order chi connectivity index (χ0) is 13.0. The molecule has 0 aliphatic heterocycles. The summed E-state index contributed by atoms with van der Waals surface area (Å²) >= 11 is 0. The molecule has 0 rings (SSSR count). The lowest BCUT2D eigenvalue weighted by Gasteiger charge is -2.37. The Labute approximate surface area is 104 Å². The maximum absolute atomic E-state index is 6.24. The average Bonchev–Trinajstić information content (AvgIpc) is 2.13. The van der Waals surface area contributed by atoms with Crippen molar-refractivity contribution in [3.63, 3.8) is 0 Å². The van der Waals surface area contributed by atoms with Crippen LogP contribution in [0.15, 0.2) is 0 Å². The number of rotatable bonds is 6. The third-order valence-electron chi connectivity index (χ3n) is 4.04. The van der Waals surface area contributed by atoms with E-state index in [4.69, 9.17) is 4.43 Å². The summed E-state index contributed by atoms with van der Waals surface area (Å²) in [5, 5.41) is 0.336. The number of hydrogen-bond donors (Lipinski definition) is 0. The smallest absolute Gasteiger partial charge is 0.191 e. The highest BCUT2D eigenvalue weighted by molar-refractivity contribution is 6.74. The topological polar surface area (TPSA) is 9.23 Å². The fourth-order valence-corrected chi connectivity index (χ4v) is 2.62. The zero-order valence-electron chi connectivity index (χ0n) is 12.7. The molecule has 0 amide bonds. The molecule has 0 radical (unpaired) electrons. The van der Waals surface area contributed by atoms with E-state index >= 15 is 0 Å². The highest BCUT2D eigenvalue weighted by Gasteiger charge is 2.37. The Hall–Kier alpha value is 0.177. The van der Waals surface area contributed by atoms with Crippen molar-refractivity contribution >= 4 is 8.32 Å². The molecule has 0 saturated heterocycles. The Morgan fingerprint density at radius 2 is 1.56 bits per heavy atom. The Bertz CT molecular complexity index is 193. The molecule has 0 aliphatic rings. The molecular formula is C14H32OSi. The van der Waals surface area contributed by atoms with Gasteiger partial charge in [0.15, 0.2) is 8.32 Å². The minimum absolute atomic E-state index is 0.336. The van der Waals surface area contributed by atoms with Gasteiger partial charge in [0.2, 0.25) is 0 Å². The van der Waals surface area contributed by atoms with E-state index in [2.05, 4.69) is 54.6 Å². The lowest BCUT2D eigenvalue weighted by Crippen LogP contribution is -2.41. The van der Waals surface area contributed by atoms with Crippen LogP contribution in [0.2, 0.25) is 18.1 Å². The molecule has 2 heteroatoms. The van der Waals surface area contributed by atoms with Crippen molar-refractivity contribution in [2.24, 2.45) is 11.8 Å². The second-order valence-electron chi connectivity index (χ2n) is 6.93. The molecule has 0 aromatic heterocycles. The highest BCUT2D eigenvalue weighted by atomic mass is 28.4. The Morgan fingerprint density at radius 3 is 1.94 bits per heavy atom. The summed E-state index contributed by atoms with van der Waals surface area (Å²) in [6, 6.07) is 0. The van der Waals surface area contributed by atoms with E-state index in [1.54, 1.807) is 0 Å². The fourth-order valence-electron chi connectivity index (χ4n) is 1.49. The van der Waals surface area contributed by atoms with Gasteiger partial charge in [-0.15, -0.1) is 0 Å². The quantitative estimate of drug-likeness (QED) is 0.592. The summed E-state index contributed by atoms with van der Waals surface area (Å²) < 4.78 is 6.24. The van der Waals surface area contributed by atoms with Crippen molar-refractivity contribution < 1.29 is 4.43 Å². The summed E-state index contributed by atoms with van der Waals surface area (Å²) in [4.78, 5) is 0. The molecule has 0 heterocycles. The van der Waals surface area contributed by atoms with Gasteiger partial charge in [0, 0.05) is 6.61 Å². The Kier molecular flexibility index (Phi) is 6.27. The second-order valence-corrected chi connectivity index (χ2v) is 11.7. The fraction of sp³-hybridized carbons (Fsp3) is 1.00. The summed E-state index contributed by atoms with van der Waals surface area (Å²) in [6.07, 6.45) is 2.58. The monoisotopic (exact) mass is 244 g/mol. The van der Waals surface area contributed by atoms with E-state index in [1.807, 2.05) is 0 Å². The summed E-state index contributed by atoms with van der Waals surface area (Å²) in [7, 11) is -1.53. The third kappa shape index (κ3) is 5.49. The molecule has 0 saturated carbocycles. The molecular weight excluding hydrogens is 212 g/mol. The molecule has 16 heavy (non-hydrogen) atoms. The first kappa shape index (κ1) is 16.2. The van der Waals surface area contributed by atoms with Crippen molar-refractivity contribution in [3.8, 4) is 0 Å². The van der Waals surface area contributed by atoms with Crippen molar-refractivity contribution in [1.82, 2.24) is 0 Å². The predicted molar refractivity (Wildman–Crippen MR) is 76.4 cm³/mol. The molecule has 0 N–H and O–H groups in total. The molecule has 0 bridgehead atoms. The minimum Gasteiger partial charge on any atom is -0.417 e. The minimum atomic E-state index is -1.53. The van der Waals surface area contributed by atoms with Gasteiger partial charge in [0.1, 0.15) is 0 Å². The van der Waals surface area contributed by atoms with Gasteiger partial charge in [-0.3, -0.25) is 0 Å². The molecule has 0 unspecified atom stereocenters. The first-order valence-electron chi connectivity index (χ1n) is 6.74.